The fraction of sp³-hybridized carbons (Fsp3) is 0.222. The van der Waals surface area contributed by atoms with Crippen molar-refractivity contribution in [2.45, 2.75) is 6.92 Å². The first kappa shape index (κ1) is 15.3. The van der Waals surface area contributed by atoms with Crippen LogP contribution < -0.4 is 4.90 Å². The van der Waals surface area contributed by atoms with Crippen LogP contribution in [0.2, 0.25) is 0 Å². The van der Waals surface area contributed by atoms with Crippen LogP contribution in [0.4, 0.5) is 5.82 Å². The van der Waals surface area contributed by atoms with E-state index in [0.29, 0.717) is 5.82 Å². The first-order chi connectivity index (χ1) is 12.0. The molecule has 0 saturated heterocycles. The van der Waals surface area contributed by atoms with Crippen LogP contribution in [0.15, 0.2) is 42.9 Å². The Hall–Kier alpha value is -3.22. The maximum atomic E-state index is 4.70. The van der Waals surface area contributed by atoms with E-state index in [1.807, 2.05) is 74.0 Å². The van der Waals surface area contributed by atoms with Crippen molar-refractivity contribution >= 4 is 11.5 Å². The van der Waals surface area contributed by atoms with Gasteiger partial charge in [0, 0.05) is 50.9 Å². The molecule has 7 nitrogen and oxygen atoms in total. The van der Waals surface area contributed by atoms with Gasteiger partial charge in [-0.05, 0) is 31.2 Å². The zero-order chi connectivity index (χ0) is 17.6. The number of anilines is 1. The molecule has 7 heteroatoms. The molecule has 4 aromatic rings. The Balaban J connectivity index is 1.73. The van der Waals surface area contributed by atoms with E-state index in [4.69, 9.17) is 4.98 Å². The molecule has 0 spiro atoms. The van der Waals surface area contributed by atoms with E-state index in [9.17, 15) is 0 Å². The summed E-state index contributed by atoms with van der Waals surface area (Å²) in [7, 11) is 5.83. The lowest BCUT2D eigenvalue weighted by molar-refractivity contribution is 0.776. The first-order valence-electron chi connectivity index (χ1n) is 8.02. The third-order valence-electron chi connectivity index (χ3n) is 4.06. The molecule has 0 atom stereocenters. The average molecular weight is 333 g/mol. The fourth-order valence-corrected chi connectivity index (χ4v) is 2.79. The summed E-state index contributed by atoms with van der Waals surface area (Å²) < 4.78 is 3.80. The summed E-state index contributed by atoms with van der Waals surface area (Å²) in [6, 6.07) is 7.96. The zero-order valence-corrected chi connectivity index (χ0v) is 14.7. The van der Waals surface area contributed by atoms with Gasteiger partial charge in [-0.25, -0.2) is 19.6 Å². The summed E-state index contributed by atoms with van der Waals surface area (Å²) in [5.74, 6) is 2.37. The van der Waals surface area contributed by atoms with Gasteiger partial charge in [-0.15, -0.1) is 0 Å². The second kappa shape index (κ2) is 5.70. The minimum absolute atomic E-state index is 0.664. The Morgan fingerprint density at radius 1 is 0.960 bits per heavy atom. The first-order valence-corrected chi connectivity index (χ1v) is 8.02. The Morgan fingerprint density at radius 2 is 1.76 bits per heavy atom. The van der Waals surface area contributed by atoms with Crippen molar-refractivity contribution in [1.82, 2.24) is 29.1 Å². The number of aromatic nitrogens is 6. The Bertz CT molecular complexity index is 1040. The van der Waals surface area contributed by atoms with Crippen LogP contribution in [0.3, 0.4) is 0 Å². The van der Waals surface area contributed by atoms with Gasteiger partial charge in [0.05, 0.1) is 5.69 Å². The smallest absolute Gasteiger partial charge is 0.183 e. The van der Waals surface area contributed by atoms with Gasteiger partial charge in [0.1, 0.15) is 11.5 Å². The van der Waals surface area contributed by atoms with E-state index in [1.165, 1.54) is 0 Å². The van der Waals surface area contributed by atoms with Crippen LogP contribution in [-0.2, 0) is 7.05 Å². The molecule has 0 radical (unpaired) electrons. The molecule has 0 aromatic carbocycles. The second-order valence-corrected chi connectivity index (χ2v) is 6.25. The summed E-state index contributed by atoms with van der Waals surface area (Å²) >= 11 is 0. The molecule has 4 heterocycles. The van der Waals surface area contributed by atoms with Gasteiger partial charge in [0.15, 0.2) is 11.6 Å². The molecule has 0 N–H and O–H groups in total. The molecule has 0 aliphatic heterocycles. The Morgan fingerprint density at radius 3 is 2.48 bits per heavy atom. The minimum Gasteiger partial charge on any atom is -0.363 e. The molecule has 0 unspecified atom stereocenters. The van der Waals surface area contributed by atoms with E-state index < -0.39 is 0 Å². The van der Waals surface area contributed by atoms with Gasteiger partial charge in [-0.2, -0.15) is 5.10 Å². The van der Waals surface area contributed by atoms with Crippen molar-refractivity contribution in [1.29, 1.82) is 0 Å². The van der Waals surface area contributed by atoms with Crippen LogP contribution in [0.25, 0.3) is 28.4 Å². The molecule has 0 aliphatic rings. The van der Waals surface area contributed by atoms with Crippen LogP contribution in [0, 0.1) is 6.92 Å². The van der Waals surface area contributed by atoms with Crippen molar-refractivity contribution in [2.24, 2.45) is 7.05 Å². The van der Waals surface area contributed by atoms with Crippen LogP contribution in [0.5, 0.6) is 0 Å². The van der Waals surface area contributed by atoms with Crippen LogP contribution in [0.1, 0.15) is 5.69 Å². The number of hydrogen-bond acceptors (Lipinski definition) is 5. The maximum Gasteiger partial charge on any atom is 0.183 e. The van der Waals surface area contributed by atoms with Crippen molar-refractivity contribution in [3.8, 4) is 22.8 Å². The number of pyridine rings is 2. The highest BCUT2D eigenvalue weighted by atomic mass is 15.3. The predicted octanol–water partition coefficient (Wildman–Crippen LogP) is 2.57. The van der Waals surface area contributed by atoms with Gasteiger partial charge in [-0.1, -0.05) is 0 Å². The SMILES string of the molecule is Cc1cn2cc(-c3nc(-c4ccc(N(C)C)nc4)nn3C)ccc2n1. The third-order valence-corrected chi connectivity index (χ3v) is 4.06. The number of imidazole rings is 1. The summed E-state index contributed by atoms with van der Waals surface area (Å²) in [5, 5.41) is 4.54. The van der Waals surface area contributed by atoms with Crippen LogP contribution in [-0.4, -0.2) is 43.2 Å². The number of fused-ring (bicyclic) bond motifs is 1. The average Bonchev–Trinajstić information content (AvgIpc) is 3.16. The zero-order valence-electron chi connectivity index (χ0n) is 14.7. The van der Waals surface area contributed by atoms with Crippen molar-refractivity contribution < 1.29 is 0 Å². The molecule has 0 amide bonds. The van der Waals surface area contributed by atoms with E-state index in [-0.39, 0.29) is 0 Å². The van der Waals surface area contributed by atoms with Gasteiger partial charge in [0.25, 0.3) is 0 Å². The summed E-state index contributed by atoms with van der Waals surface area (Å²) in [4.78, 5) is 15.6. The predicted molar refractivity (Wildman–Crippen MR) is 97.5 cm³/mol. The monoisotopic (exact) mass is 333 g/mol. The highest BCUT2D eigenvalue weighted by Crippen LogP contribution is 2.23. The molecule has 4 aromatic heterocycles. The van der Waals surface area contributed by atoms with Crippen molar-refractivity contribution in [3.63, 3.8) is 0 Å². The molecule has 0 fully saturated rings. The lowest BCUT2D eigenvalue weighted by atomic mass is 10.2. The molecule has 25 heavy (non-hydrogen) atoms. The van der Waals surface area contributed by atoms with E-state index in [1.54, 1.807) is 10.9 Å². The fourth-order valence-electron chi connectivity index (χ4n) is 2.79. The highest BCUT2D eigenvalue weighted by molar-refractivity contribution is 5.63. The van der Waals surface area contributed by atoms with E-state index in [2.05, 4.69) is 15.1 Å². The largest absolute Gasteiger partial charge is 0.363 e. The van der Waals surface area contributed by atoms with Gasteiger partial charge < -0.3 is 9.30 Å². The van der Waals surface area contributed by atoms with Gasteiger partial charge in [-0.3, -0.25) is 0 Å². The topological polar surface area (TPSA) is 64.1 Å². The number of aryl methyl sites for hydroxylation is 2. The lowest BCUT2D eigenvalue weighted by Gasteiger charge is -2.10. The minimum atomic E-state index is 0.664. The van der Waals surface area contributed by atoms with Crippen molar-refractivity contribution in [2.75, 3.05) is 19.0 Å². The maximum absolute atomic E-state index is 4.70. The summed E-state index contributed by atoms with van der Waals surface area (Å²) in [5.41, 5.74) is 3.80. The second-order valence-electron chi connectivity index (χ2n) is 6.25. The normalized spacial score (nSPS) is 11.2. The number of hydrogen-bond donors (Lipinski definition) is 0. The highest BCUT2D eigenvalue weighted by Gasteiger charge is 2.13. The lowest BCUT2D eigenvalue weighted by Crippen LogP contribution is -2.10. The molecule has 0 aliphatic carbocycles. The number of nitrogens with zero attached hydrogens (tertiary/aromatic N) is 7. The molecule has 4 rings (SSSR count). The molecule has 0 saturated carbocycles. The molecular formula is C18H19N7. The van der Waals surface area contributed by atoms with Crippen molar-refractivity contribution in [3.05, 3.63) is 48.5 Å². The Kier molecular flexibility index (Phi) is 3.49. The van der Waals surface area contributed by atoms with Crippen LogP contribution >= 0.6 is 0 Å². The van der Waals surface area contributed by atoms with E-state index in [0.717, 1.165) is 34.1 Å². The van der Waals surface area contributed by atoms with Gasteiger partial charge in [0.2, 0.25) is 0 Å². The van der Waals surface area contributed by atoms with E-state index >= 15 is 0 Å². The quantitative estimate of drug-likeness (QED) is 0.576. The molecule has 0 bridgehead atoms. The standard InChI is InChI=1S/C18H19N7/c1-12-10-25-11-14(6-8-16(25)20-12)18-21-17(22-24(18)4)13-5-7-15(19-9-13)23(2)3/h5-11H,1-4H3. The third kappa shape index (κ3) is 2.73. The summed E-state index contributed by atoms with van der Waals surface area (Å²) in [6.45, 7) is 1.98. The van der Waals surface area contributed by atoms with Gasteiger partial charge >= 0.3 is 0 Å². The number of rotatable bonds is 3. The Labute approximate surface area is 145 Å². The summed E-state index contributed by atoms with van der Waals surface area (Å²) in [6.07, 6.45) is 5.83. The molecular weight excluding hydrogens is 314 g/mol. The molecule has 126 valence electrons.